The van der Waals surface area contributed by atoms with Gasteiger partial charge in [-0.05, 0) is 31.6 Å². The normalized spacial score (nSPS) is 10.1. The van der Waals surface area contributed by atoms with E-state index in [0.29, 0.717) is 0 Å². The Bertz CT molecular complexity index is 62.4. The van der Waals surface area contributed by atoms with E-state index >= 15 is 0 Å². The molecular weight excluding hydrogens is 108 g/mol. The van der Waals surface area contributed by atoms with E-state index in [0.717, 1.165) is 12.3 Å². The minimum Gasteiger partial charge on any atom is -0.103 e. The van der Waals surface area contributed by atoms with Crippen molar-refractivity contribution in [1.29, 1.82) is 0 Å². The number of hydrogen-bond acceptors (Lipinski definition) is 0. The minimum absolute atomic E-state index is 0.745. The van der Waals surface area contributed by atoms with Gasteiger partial charge < -0.3 is 0 Å². The highest BCUT2D eigenvalue weighted by atomic mass is 14.0. The highest BCUT2D eigenvalue weighted by Crippen LogP contribution is 2.06. The van der Waals surface area contributed by atoms with Crippen molar-refractivity contribution in [3.8, 4) is 0 Å². The molecule has 0 spiro atoms. The maximum Gasteiger partial charge on any atom is -0.0353 e. The van der Waals surface area contributed by atoms with Crippen LogP contribution in [0.1, 0.15) is 33.1 Å². The van der Waals surface area contributed by atoms with Crippen molar-refractivity contribution in [1.82, 2.24) is 0 Å². The standard InChI is InChI=1S/C9H17/c1-4-5-6-7-8-9(2)3/h4,8-9H,1,5-7H2,2-3H3. The Balaban J connectivity index is 2.82. The Hall–Kier alpha value is -0.260. The van der Waals surface area contributed by atoms with Crippen molar-refractivity contribution in [3.05, 3.63) is 19.1 Å². The fourth-order valence-corrected chi connectivity index (χ4v) is 0.713. The molecule has 0 saturated heterocycles. The predicted molar refractivity (Wildman–Crippen MR) is 43.2 cm³/mol. The maximum absolute atomic E-state index is 3.66. The Labute approximate surface area is 59.0 Å². The van der Waals surface area contributed by atoms with Crippen LogP contribution in [0, 0.1) is 12.3 Å². The summed E-state index contributed by atoms with van der Waals surface area (Å²) in [5.74, 6) is 0.745. The van der Waals surface area contributed by atoms with Crippen LogP contribution in [0.15, 0.2) is 12.7 Å². The first-order valence-electron chi connectivity index (χ1n) is 3.71. The molecule has 0 aliphatic carbocycles. The largest absolute Gasteiger partial charge is 0.103 e. The van der Waals surface area contributed by atoms with Gasteiger partial charge in [0.05, 0.1) is 0 Å². The molecule has 9 heavy (non-hydrogen) atoms. The molecule has 0 aromatic heterocycles. The third kappa shape index (κ3) is 7.74. The average molecular weight is 125 g/mol. The molecule has 0 rings (SSSR count). The second kappa shape index (κ2) is 5.87. The molecule has 0 aliphatic rings. The summed E-state index contributed by atoms with van der Waals surface area (Å²) in [6.45, 7) is 8.10. The summed E-state index contributed by atoms with van der Waals surface area (Å²) in [5, 5.41) is 0. The molecule has 0 heteroatoms. The van der Waals surface area contributed by atoms with Crippen LogP contribution in [0.3, 0.4) is 0 Å². The highest BCUT2D eigenvalue weighted by Gasteiger charge is 1.91. The molecule has 0 unspecified atom stereocenters. The fourth-order valence-electron chi connectivity index (χ4n) is 0.713. The summed E-state index contributed by atoms with van der Waals surface area (Å²) in [5.41, 5.74) is 0. The Morgan fingerprint density at radius 1 is 1.33 bits per heavy atom. The van der Waals surface area contributed by atoms with E-state index in [1.165, 1.54) is 12.8 Å². The summed E-state index contributed by atoms with van der Waals surface area (Å²) in [6, 6.07) is 0. The van der Waals surface area contributed by atoms with Gasteiger partial charge in [-0.1, -0.05) is 19.9 Å². The second-order valence-corrected chi connectivity index (χ2v) is 2.70. The zero-order chi connectivity index (χ0) is 7.11. The lowest BCUT2D eigenvalue weighted by molar-refractivity contribution is 0.677. The van der Waals surface area contributed by atoms with Gasteiger partial charge in [0.2, 0.25) is 0 Å². The van der Waals surface area contributed by atoms with Gasteiger partial charge in [-0.25, -0.2) is 0 Å². The van der Waals surface area contributed by atoms with E-state index in [2.05, 4.69) is 26.8 Å². The summed E-state index contributed by atoms with van der Waals surface area (Å²) in [6.07, 6.45) is 7.99. The molecule has 0 heterocycles. The van der Waals surface area contributed by atoms with Crippen molar-refractivity contribution in [2.24, 2.45) is 5.92 Å². The molecule has 1 radical (unpaired) electrons. The first kappa shape index (κ1) is 8.74. The number of rotatable bonds is 5. The number of hydrogen-bond donors (Lipinski definition) is 0. The summed E-state index contributed by atoms with van der Waals surface area (Å²) < 4.78 is 0. The van der Waals surface area contributed by atoms with Gasteiger partial charge in [0, 0.05) is 0 Å². The lowest BCUT2D eigenvalue weighted by Gasteiger charge is -2.00. The molecule has 0 nitrogen and oxygen atoms in total. The van der Waals surface area contributed by atoms with Gasteiger partial charge in [0.15, 0.2) is 0 Å². The third-order valence-corrected chi connectivity index (χ3v) is 1.25. The Morgan fingerprint density at radius 2 is 2.00 bits per heavy atom. The summed E-state index contributed by atoms with van der Waals surface area (Å²) >= 11 is 0. The maximum atomic E-state index is 3.66. The summed E-state index contributed by atoms with van der Waals surface area (Å²) in [7, 11) is 0. The van der Waals surface area contributed by atoms with E-state index in [-0.39, 0.29) is 0 Å². The Morgan fingerprint density at radius 3 is 2.44 bits per heavy atom. The first-order valence-corrected chi connectivity index (χ1v) is 3.71. The van der Waals surface area contributed by atoms with E-state index in [9.17, 15) is 0 Å². The van der Waals surface area contributed by atoms with E-state index in [4.69, 9.17) is 0 Å². The van der Waals surface area contributed by atoms with E-state index in [1.807, 2.05) is 6.08 Å². The fraction of sp³-hybridized carbons (Fsp3) is 0.667. The molecule has 0 fully saturated rings. The Kier molecular flexibility index (Phi) is 5.70. The van der Waals surface area contributed by atoms with Crippen LogP contribution in [0.5, 0.6) is 0 Å². The lowest BCUT2D eigenvalue weighted by Crippen LogP contribution is -1.86. The second-order valence-electron chi connectivity index (χ2n) is 2.70. The van der Waals surface area contributed by atoms with Gasteiger partial charge in [0.25, 0.3) is 0 Å². The minimum atomic E-state index is 0.745. The van der Waals surface area contributed by atoms with Crippen LogP contribution < -0.4 is 0 Å². The van der Waals surface area contributed by atoms with Gasteiger partial charge in [-0.2, -0.15) is 0 Å². The zero-order valence-electron chi connectivity index (χ0n) is 6.56. The molecule has 0 saturated carbocycles. The highest BCUT2D eigenvalue weighted by molar-refractivity contribution is 4.72. The molecular formula is C9H17. The average Bonchev–Trinajstić information content (AvgIpc) is 1.80. The van der Waals surface area contributed by atoms with Crippen molar-refractivity contribution >= 4 is 0 Å². The monoisotopic (exact) mass is 125 g/mol. The van der Waals surface area contributed by atoms with E-state index in [1.54, 1.807) is 0 Å². The van der Waals surface area contributed by atoms with Crippen molar-refractivity contribution in [2.45, 2.75) is 33.1 Å². The SMILES string of the molecule is C=CCCC[CH]C(C)C. The first-order chi connectivity index (χ1) is 4.27. The topological polar surface area (TPSA) is 0 Å². The quantitative estimate of drug-likeness (QED) is 0.391. The number of allylic oxidation sites excluding steroid dienone is 1. The van der Waals surface area contributed by atoms with Gasteiger partial charge in [0.1, 0.15) is 0 Å². The molecule has 53 valence electrons. The molecule has 0 N–H and O–H groups in total. The van der Waals surface area contributed by atoms with Gasteiger partial charge in [-0.15, -0.1) is 6.58 Å². The van der Waals surface area contributed by atoms with Crippen LogP contribution in [0.2, 0.25) is 0 Å². The van der Waals surface area contributed by atoms with Crippen molar-refractivity contribution in [3.63, 3.8) is 0 Å². The zero-order valence-corrected chi connectivity index (χ0v) is 6.56. The van der Waals surface area contributed by atoms with Crippen molar-refractivity contribution in [2.75, 3.05) is 0 Å². The molecule has 0 aromatic carbocycles. The van der Waals surface area contributed by atoms with Gasteiger partial charge in [-0.3, -0.25) is 0 Å². The van der Waals surface area contributed by atoms with E-state index < -0.39 is 0 Å². The lowest BCUT2D eigenvalue weighted by atomic mass is 10.1. The molecule has 0 atom stereocenters. The summed E-state index contributed by atoms with van der Waals surface area (Å²) in [4.78, 5) is 0. The molecule has 0 aromatic rings. The van der Waals surface area contributed by atoms with Crippen LogP contribution >= 0.6 is 0 Å². The van der Waals surface area contributed by atoms with Crippen LogP contribution in [0.25, 0.3) is 0 Å². The van der Waals surface area contributed by atoms with Crippen LogP contribution in [-0.2, 0) is 0 Å². The van der Waals surface area contributed by atoms with Crippen LogP contribution in [0.4, 0.5) is 0 Å². The van der Waals surface area contributed by atoms with Crippen molar-refractivity contribution < 1.29 is 0 Å². The smallest absolute Gasteiger partial charge is 0.0353 e. The number of unbranched alkanes of at least 4 members (excludes halogenated alkanes) is 2. The van der Waals surface area contributed by atoms with Gasteiger partial charge >= 0.3 is 0 Å². The van der Waals surface area contributed by atoms with Crippen LogP contribution in [-0.4, -0.2) is 0 Å². The molecule has 0 aliphatic heterocycles. The predicted octanol–water partition coefficient (Wildman–Crippen LogP) is 3.20. The third-order valence-electron chi connectivity index (χ3n) is 1.25. The molecule has 0 bridgehead atoms. The molecule has 0 amide bonds.